The maximum atomic E-state index is 13.2. The second-order valence-corrected chi connectivity index (χ2v) is 7.68. The zero-order valence-corrected chi connectivity index (χ0v) is 16.8. The number of fused-ring (bicyclic) bond motifs is 1. The van der Waals surface area contributed by atoms with Crippen molar-refractivity contribution < 1.29 is 9.28 Å². The number of aromatic nitrogens is 2. The summed E-state index contributed by atoms with van der Waals surface area (Å²) < 4.78 is 2.16. The van der Waals surface area contributed by atoms with E-state index in [1.54, 1.807) is 0 Å². The van der Waals surface area contributed by atoms with Gasteiger partial charge in [-0.05, 0) is 32.2 Å². The van der Waals surface area contributed by atoms with Gasteiger partial charge in [0.15, 0.2) is 11.5 Å². The van der Waals surface area contributed by atoms with Gasteiger partial charge in [0.1, 0.15) is 5.82 Å². The van der Waals surface area contributed by atoms with Crippen LogP contribution >= 0.6 is 0 Å². The molecule has 2 aromatic rings. The van der Waals surface area contributed by atoms with Crippen molar-refractivity contribution in [2.24, 2.45) is 0 Å². The zero-order chi connectivity index (χ0) is 19.6. The Labute approximate surface area is 161 Å². The van der Waals surface area contributed by atoms with E-state index in [9.17, 15) is 4.79 Å². The summed E-state index contributed by atoms with van der Waals surface area (Å²) in [5.41, 5.74) is 1.80. The number of likely N-dealkylation sites (N-methyl/N-ethyl adjacent to an activating group) is 1. The number of hydrogen-bond acceptors (Lipinski definition) is 4. The number of amides is 1. The summed E-state index contributed by atoms with van der Waals surface area (Å²) in [5, 5.41) is 3.25. The van der Waals surface area contributed by atoms with Crippen LogP contribution in [0.25, 0.3) is 0 Å². The van der Waals surface area contributed by atoms with Gasteiger partial charge in [-0.1, -0.05) is 37.3 Å². The third-order valence-electron chi connectivity index (χ3n) is 5.20. The summed E-state index contributed by atoms with van der Waals surface area (Å²) in [4.78, 5) is 20.3. The third kappa shape index (κ3) is 3.82. The van der Waals surface area contributed by atoms with Crippen molar-refractivity contribution in [2.75, 3.05) is 39.5 Å². The smallest absolute Gasteiger partial charge is 0.314 e. The van der Waals surface area contributed by atoms with E-state index in [-0.39, 0.29) is 10.4 Å². The number of quaternary nitrogens is 1. The number of imidazole rings is 1. The highest BCUT2D eigenvalue weighted by molar-refractivity contribution is 5.95. The first-order chi connectivity index (χ1) is 12.8. The molecule has 144 valence electrons. The topological polar surface area (TPSA) is 50.2 Å². The highest BCUT2D eigenvalue weighted by atomic mass is 16.2. The van der Waals surface area contributed by atoms with Crippen molar-refractivity contribution >= 4 is 11.7 Å². The Morgan fingerprint density at radius 2 is 1.93 bits per heavy atom. The Bertz CT molecular complexity index is 838. The molecule has 0 saturated heterocycles. The van der Waals surface area contributed by atoms with Crippen LogP contribution < -0.4 is 5.32 Å². The van der Waals surface area contributed by atoms with E-state index in [2.05, 4.69) is 47.5 Å². The van der Waals surface area contributed by atoms with Crippen molar-refractivity contribution in [1.82, 2.24) is 14.5 Å². The van der Waals surface area contributed by atoms with E-state index >= 15 is 0 Å². The molecular weight excluding hydrogens is 338 g/mol. The molecule has 1 aromatic heterocycles. The predicted molar refractivity (Wildman–Crippen MR) is 108 cm³/mol. The van der Waals surface area contributed by atoms with Crippen LogP contribution in [0.15, 0.2) is 42.7 Å². The molecule has 0 radical (unpaired) electrons. The Morgan fingerprint density at radius 1 is 1.22 bits per heavy atom. The average Bonchev–Trinajstić information content (AvgIpc) is 2.96. The first-order valence-electron chi connectivity index (χ1n) is 9.51. The molecule has 0 aliphatic carbocycles. The van der Waals surface area contributed by atoms with E-state index < -0.39 is 0 Å². The van der Waals surface area contributed by atoms with E-state index in [0.29, 0.717) is 23.9 Å². The van der Waals surface area contributed by atoms with Crippen molar-refractivity contribution in [2.45, 2.75) is 26.3 Å². The van der Waals surface area contributed by atoms with E-state index in [4.69, 9.17) is 4.98 Å². The second-order valence-electron chi connectivity index (χ2n) is 7.68. The van der Waals surface area contributed by atoms with Crippen LogP contribution in [0.5, 0.6) is 0 Å². The van der Waals surface area contributed by atoms with Crippen LogP contribution in [0.1, 0.15) is 35.2 Å². The maximum Gasteiger partial charge on any atom is 0.372 e. The highest BCUT2D eigenvalue weighted by Gasteiger charge is 2.42. The van der Waals surface area contributed by atoms with Gasteiger partial charge < -0.3 is 9.47 Å². The fourth-order valence-electron chi connectivity index (χ4n) is 3.38. The van der Waals surface area contributed by atoms with Gasteiger partial charge in [0.25, 0.3) is 0 Å². The van der Waals surface area contributed by atoms with Crippen LogP contribution in [-0.4, -0.2) is 59.1 Å². The Kier molecular flexibility index (Phi) is 5.48. The minimum Gasteiger partial charge on any atom is -0.314 e. The van der Waals surface area contributed by atoms with Gasteiger partial charge in [-0.15, -0.1) is 0 Å². The second kappa shape index (κ2) is 7.66. The molecule has 6 nitrogen and oxygen atoms in total. The zero-order valence-electron chi connectivity index (χ0n) is 16.8. The fourth-order valence-corrected chi connectivity index (χ4v) is 3.38. The Balaban J connectivity index is 1.99. The highest BCUT2D eigenvalue weighted by Crippen LogP contribution is 2.31. The molecule has 3 rings (SSSR count). The molecule has 0 atom stereocenters. The molecule has 2 heterocycles. The quantitative estimate of drug-likeness (QED) is 0.764. The first kappa shape index (κ1) is 19.3. The lowest BCUT2D eigenvalue weighted by Gasteiger charge is -2.32. The predicted octanol–water partition coefficient (Wildman–Crippen LogP) is 2.93. The number of nitrogens with one attached hydrogen (secondary N) is 1. The number of rotatable bonds is 7. The van der Waals surface area contributed by atoms with E-state index in [1.807, 2.05) is 32.3 Å². The normalized spacial score (nSPS) is 15.7. The van der Waals surface area contributed by atoms with Gasteiger partial charge in [-0.2, -0.15) is 0 Å². The van der Waals surface area contributed by atoms with Gasteiger partial charge in [-0.25, -0.2) is 14.3 Å². The minimum absolute atomic E-state index is 0.0188. The SMILES string of the molecule is C=C1Nc2nc(CCN(C)CCC)n(Cc3ccccc3)c2C(=O)[N+]1(C)C. The molecule has 6 heteroatoms. The molecule has 0 bridgehead atoms. The molecular formula is C21H30N5O+. The van der Waals surface area contributed by atoms with Crippen LogP contribution in [0.2, 0.25) is 0 Å². The van der Waals surface area contributed by atoms with Crippen molar-refractivity contribution in [1.29, 1.82) is 0 Å². The summed E-state index contributed by atoms with van der Waals surface area (Å²) in [5.74, 6) is 2.23. The summed E-state index contributed by atoms with van der Waals surface area (Å²) >= 11 is 0. The molecule has 0 spiro atoms. The monoisotopic (exact) mass is 368 g/mol. The molecule has 1 amide bonds. The molecule has 0 saturated carbocycles. The number of anilines is 1. The number of hydrogen-bond donors (Lipinski definition) is 1. The van der Waals surface area contributed by atoms with Crippen molar-refractivity contribution in [3.8, 4) is 0 Å². The number of carbonyl (C=O) groups is 1. The van der Waals surface area contributed by atoms with Gasteiger partial charge in [-0.3, -0.25) is 5.32 Å². The van der Waals surface area contributed by atoms with Gasteiger partial charge >= 0.3 is 5.91 Å². The summed E-state index contributed by atoms with van der Waals surface area (Å²) in [6.07, 6.45) is 1.92. The summed E-state index contributed by atoms with van der Waals surface area (Å²) in [6.45, 7) is 8.80. The minimum atomic E-state index is 0.0188. The third-order valence-corrected chi connectivity index (χ3v) is 5.20. The number of nitrogens with zero attached hydrogens (tertiary/aromatic N) is 4. The number of benzene rings is 1. The van der Waals surface area contributed by atoms with Gasteiger partial charge in [0.2, 0.25) is 5.82 Å². The molecule has 27 heavy (non-hydrogen) atoms. The van der Waals surface area contributed by atoms with Gasteiger partial charge in [0.05, 0.1) is 14.1 Å². The maximum absolute atomic E-state index is 13.2. The summed E-state index contributed by atoms with van der Waals surface area (Å²) in [6, 6.07) is 10.2. The standard InChI is InChI=1S/C21H29N5O/c1-6-13-24(3)14-12-18-23-20-19(21(27)26(4,5)16(2)22-20)25(18)15-17-10-8-7-9-11-17/h7-11H,2,6,12-15H2,1,3-5H3/p+1. The molecule has 1 aromatic carbocycles. The molecule has 1 aliphatic rings. The Hall–Kier alpha value is -2.44. The average molecular weight is 369 g/mol. The molecule has 0 unspecified atom stereocenters. The Morgan fingerprint density at radius 3 is 2.59 bits per heavy atom. The van der Waals surface area contributed by atoms with Crippen LogP contribution in [-0.2, 0) is 13.0 Å². The lowest BCUT2D eigenvalue weighted by atomic mass is 10.2. The van der Waals surface area contributed by atoms with E-state index in [0.717, 1.165) is 37.3 Å². The van der Waals surface area contributed by atoms with Crippen molar-refractivity contribution in [3.05, 3.63) is 59.8 Å². The lowest BCUT2D eigenvalue weighted by molar-refractivity contribution is -0.766. The molecule has 1 aliphatic heterocycles. The van der Waals surface area contributed by atoms with Crippen LogP contribution in [0, 0.1) is 0 Å². The summed E-state index contributed by atoms with van der Waals surface area (Å²) in [7, 11) is 5.84. The largest absolute Gasteiger partial charge is 0.372 e. The van der Waals surface area contributed by atoms with Crippen molar-refractivity contribution in [3.63, 3.8) is 0 Å². The fraction of sp³-hybridized carbons (Fsp3) is 0.429. The first-order valence-corrected chi connectivity index (χ1v) is 9.51. The van der Waals surface area contributed by atoms with Crippen LogP contribution in [0.4, 0.5) is 5.82 Å². The lowest BCUT2D eigenvalue weighted by Crippen LogP contribution is -2.50. The molecule has 0 fully saturated rings. The van der Waals surface area contributed by atoms with Gasteiger partial charge in [0, 0.05) is 19.5 Å². The van der Waals surface area contributed by atoms with E-state index in [1.165, 1.54) is 0 Å². The number of carbonyl (C=O) groups excluding carboxylic acids is 1. The molecule has 1 N–H and O–H groups in total. The van der Waals surface area contributed by atoms with Crippen LogP contribution in [0.3, 0.4) is 0 Å².